The summed E-state index contributed by atoms with van der Waals surface area (Å²) in [6, 6.07) is 3.26. The fraction of sp³-hybridized carbons (Fsp3) is 0.167. The summed E-state index contributed by atoms with van der Waals surface area (Å²) < 4.78 is 4.81. The molecule has 2 radical (unpaired) electrons. The van der Waals surface area contributed by atoms with Crippen LogP contribution in [0.2, 0.25) is 5.15 Å². The molecule has 0 saturated heterocycles. The minimum absolute atomic E-state index is 0.368. The Morgan fingerprint density at radius 3 is 2.80 bits per heavy atom. The summed E-state index contributed by atoms with van der Waals surface area (Å²) in [7, 11) is 6.95. The second-order valence-corrected chi connectivity index (χ2v) is 2.12. The fourth-order valence-corrected chi connectivity index (χ4v) is 0.732. The van der Waals surface area contributed by atoms with E-state index in [0.717, 1.165) is 0 Å². The molecule has 1 aromatic rings. The molecule has 0 aromatic carbocycles. The Morgan fingerprint density at radius 2 is 2.30 bits per heavy atom. The quantitative estimate of drug-likeness (QED) is 0.434. The van der Waals surface area contributed by atoms with Crippen LogP contribution in [0.25, 0.3) is 0 Å². The van der Waals surface area contributed by atoms with E-state index in [2.05, 4.69) is 4.98 Å². The van der Waals surface area contributed by atoms with Gasteiger partial charge in [0.2, 0.25) is 5.88 Å². The Morgan fingerprint density at radius 1 is 1.60 bits per heavy atom. The summed E-state index contributed by atoms with van der Waals surface area (Å²) in [4.78, 5) is 3.81. The van der Waals surface area contributed by atoms with E-state index in [9.17, 15) is 0 Å². The molecule has 10 heavy (non-hydrogen) atoms. The molecule has 50 valence electrons. The molecule has 1 heterocycles. The van der Waals surface area contributed by atoms with E-state index in [0.29, 0.717) is 16.5 Å². The van der Waals surface area contributed by atoms with E-state index in [-0.39, 0.29) is 0 Å². The molecule has 0 aliphatic heterocycles. The lowest BCUT2D eigenvalue weighted by Crippen LogP contribution is -2.08. The van der Waals surface area contributed by atoms with E-state index >= 15 is 0 Å². The van der Waals surface area contributed by atoms with Crippen LogP contribution in [0.5, 0.6) is 5.88 Å². The summed E-state index contributed by atoms with van der Waals surface area (Å²) >= 11 is 5.55. The highest BCUT2D eigenvalue weighted by atomic mass is 35.5. The van der Waals surface area contributed by atoms with Crippen LogP contribution in [0, 0.1) is 0 Å². The molecule has 0 saturated carbocycles. The Labute approximate surface area is 65.6 Å². The first-order chi connectivity index (χ1) is 4.74. The molecular formula is C6H5BClNO. The molecule has 0 atom stereocenters. The zero-order valence-electron chi connectivity index (χ0n) is 5.47. The minimum atomic E-state index is 0.368. The smallest absolute Gasteiger partial charge is 0.206 e. The van der Waals surface area contributed by atoms with E-state index in [1.807, 2.05) is 0 Å². The van der Waals surface area contributed by atoms with Gasteiger partial charge in [-0.05, 0) is 11.5 Å². The third kappa shape index (κ3) is 1.42. The first kappa shape index (κ1) is 7.41. The molecule has 1 aromatic heterocycles. The standard InChI is InChI=1S/C6H5BClNO/c1-10-6-4(7)2-3-5(8)9-6/h2-3H,1H3. The van der Waals surface area contributed by atoms with E-state index < -0.39 is 0 Å². The molecule has 0 aliphatic carbocycles. The largest absolute Gasteiger partial charge is 0.481 e. The van der Waals surface area contributed by atoms with Crippen LogP contribution in [0.3, 0.4) is 0 Å². The van der Waals surface area contributed by atoms with E-state index in [4.69, 9.17) is 24.2 Å². The number of halogens is 1. The fourth-order valence-electron chi connectivity index (χ4n) is 0.592. The van der Waals surface area contributed by atoms with Gasteiger partial charge in [0.1, 0.15) is 13.0 Å². The predicted molar refractivity (Wildman–Crippen MR) is 41.2 cm³/mol. The molecule has 1 rings (SSSR count). The molecule has 0 fully saturated rings. The SMILES string of the molecule is [B]c1ccc(Cl)nc1OC. The first-order valence-electron chi connectivity index (χ1n) is 2.70. The van der Waals surface area contributed by atoms with Gasteiger partial charge in [0.05, 0.1) is 7.11 Å². The summed E-state index contributed by atoms with van der Waals surface area (Å²) in [5.74, 6) is 0.368. The molecule has 2 nitrogen and oxygen atoms in total. The van der Waals surface area contributed by atoms with Gasteiger partial charge in [-0.2, -0.15) is 0 Å². The maximum absolute atomic E-state index is 5.55. The Hall–Kier alpha value is -0.695. The number of aromatic nitrogens is 1. The average molecular weight is 153 g/mol. The van der Waals surface area contributed by atoms with Crippen molar-refractivity contribution in [1.82, 2.24) is 4.98 Å². The molecule has 4 heteroatoms. The number of rotatable bonds is 1. The molecular weight excluding hydrogens is 148 g/mol. The lowest BCUT2D eigenvalue weighted by molar-refractivity contribution is 0.401. The van der Waals surface area contributed by atoms with Gasteiger partial charge in [0.15, 0.2) is 0 Å². The highest BCUT2D eigenvalue weighted by molar-refractivity contribution is 6.35. The number of ether oxygens (including phenoxy) is 1. The summed E-state index contributed by atoms with van der Waals surface area (Å²) in [6.45, 7) is 0. The Kier molecular flexibility index (Phi) is 2.17. The summed E-state index contributed by atoms with van der Waals surface area (Å²) in [5.41, 5.74) is 0.493. The Bertz CT molecular complexity index is 241. The van der Waals surface area contributed by atoms with Gasteiger partial charge in [-0.15, -0.1) is 0 Å². The molecule has 0 bridgehead atoms. The lowest BCUT2D eigenvalue weighted by atomic mass is 9.98. The van der Waals surface area contributed by atoms with Crippen LogP contribution < -0.4 is 10.2 Å². The number of nitrogens with zero attached hydrogens (tertiary/aromatic N) is 1. The van der Waals surface area contributed by atoms with Gasteiger partial charge in [-0.25, -0.2) is 4.98 Å². The van der Waals surface area contributed by atoms with E-state index in [1.165, 1.54) is 7.11 Å². The number of pyridine rings is 1. The highest BCUT2D eigenvalue weighted by Crippen LogP contribution is 2.07. The van der Waals surface area contributed by atoms with Crippen LogP contribution in [-0.2, 0) is 0 Å². The predicted octanol–water partition coefficient (Wildman–Crippen LogP) is 0.537. The number of hydrogen-bond acceptors (Lipinski definition) is 2. The third-order valence-corrected chi connectivity index (χ3v) is 1.26. The monoisotopic (exact) mass is 153 g/mol. The van der Waals surface area contributed by atoms with Crippen molar-refractivity contribution in [3.05, 3.63) is 17.3 Å². The zero-order valence-corrected chi connectivity index (χ0v) is 6.22. The number of methoxy groups -OCH3 is 1. The topological polar surface area (TPSA) is 22.1 Å². The van der Waals surface area contributed by atoms with Crippen LogP contribution >= 0.6 is 11.6 Å². The normalized spacial score (nSPS) is 9.40. The van der Waals surface area contributed by atoms with Crippen molar-refractivity contribution in [3.8, 4) is 5.88 Å². The van der Waals surface area contributed by atoms with Crippen molar-refractivity contribution in [2.24, 2.45) is 0 Å². The lowest BCUT2D eigenvalue weighted by Gasteiger charge is -2.01. The van der Waals surface area contributed by atoms with Crippen molar-refractivity contribution < 1.29 is 4.74 Å². The summed E-state index contributed by atoms with van der Waals surface area (Å²) in [6.07, 6.45) is 0. The first-order valence-corrected chi connectivity index (χ1v) is 3.08. The van der Waals surface area contributed by atoms with E-state index in [1.54, 1.807) is 12.1 Å². The Balaban J connectivity index is 3.09. The van der Waals surface area contributed by atoms with Crippen LogP contribution in [-0.4, -0.2) is 19.9 Å². The van der Waals surface area contributed by atoms with Gasteiger partial charge >= 0.3 is 0 Å². The third-order valence-electron chi connectivity index (χ3n) is 1.05. The van der Waals surface area contributed by atoms with Crippen molar-refractivity contribution in [1.29, 1.82) is 0 Å². The molecule has 0 spiro atoms. The van der Waals surface area contributed by atoms with Gasteiger partial charge in [-0.1, -0.05) is 17.7 Å². The maximum atomic E-state index is 5.55. The van der Waals surface area contributed by atoms with Crippen LogP contribution in [0.4, 0.5) is 0 Å². The van der Waals surface area contributed by atoms with Crippen molar-refractivity contribution in [2.45, 2.75) is 0 Å². The molecule has 0 aliphatic rings. The second kappa shape index (κ2) is 2.93. The molecule has 0 unspecified atom stereocenters. The number of hydrogen-bond donors (Lipinski definition) is 0. The van der Waals surface area contributed by atoms with Gasteiger partial charge in [0, 0.05) is 0 Å². The molecule has 0 amide bonds. The van der Waals surface area contributed by atoms with Gasteiger partial charge in [-0.3, -0.25) is 0 Å². The molecule has 0 N–H and O–H groups in total. The second-order valence-electron chi connectivity index (χ2n) is 1.73. The van der Waals surface area contributed by atoms with Crippen molar-refractivity contribution in [3.63, 3.8) is 0 Å². The average Bonchev–Trinajstić information content (AvgIpc) is 1.94. The maximum Gasteiger partial charge on any atom is 0.206 e. The van der Waals surface area contributed by atoms with Crippen LogP contribution in [0.1, 0.15) is 0 Å². The summed E-state index contributed by atoms with van der Waals surface area (Å²) in [5, 5.41) is 0.381. The highest BCUT2D eigenvalue weighted by Gasteiger charge is 1.97. The van der Waals surface area contributed by atoms with Crippen molar-refractivity contribution >= 4 is 24.9 Å². The van der Waals surface area contributed by atoms with Gasteiger partial charge in [0.25, 0.3) is 0 Å². The minimum Gasteiger partial charge on any atom is -0.481 e. The van der Waals surface area contributed by atoms with Crippen molar-refractivity contribution in [2.75, 3.05) is 7.11 Å². The van der Waals surface area contributed by atoms with Crippen LogP contribution in [0.15, 0.2) is 12.1 Å². The zero-order chi connectivity index (χ0) is 7.56. The van der Waals surface area contributed by atoms with Gasteiger partial charge < -0.3 is 4.74 Å².